The predicted molar refractivity (Wildman–Crippen MR) is 74.5 cm³/mol. The first kappa shape index (κ1) is 13.9. The molecule has 0 spiro atoms. The lowest BCUT2D eigenvalue weighted by molar-refractivity contribution is 0.211. The average molecular weight is 258 g/mol. The third-order valence-corrected chi connectivity index (χ3v) is 3.87. The molecule has 0 amide bonds. The summed E-state index contributed by atoms with van der Waals surface area (Å²) < 4.78 is 3.16. The van der Waals surface area contributed by atoms with Crippen LogP contribution in [0.4, 0.5) is 0 Å². The smallest absolute Gasteiger partial charge is 0.162 e. The predicted octanol–water partition coefficient (Wildman–Crippen LogP) is 4.14. The maximum absolute atomic E-state index is 5.28. The second-order valence-electron chi connectivity index (χ2n) is 4.11. The highest BCUT2D eigenvalue weighted by molar-refractivity contribution is 7.73. The van der Waals surface area contributed by atoms with Crippen LogP contribution in [0.5, 0.6) is 0 Å². The molecule has 2 nitrogen and oxygen atoms in total. The van der Waals surface area contributed by atoms with Crippen LogP contribution < -0.4 is 0 Å². The molecule has 0 unspecified atom stereocenters. The molecule has 1 aromatic rings. The molecule has 1 heterocycles. The van der Waals surface area contributed by atoms with Gasteiger partial charge in [-0.15, -0.1) is 11.3 Å². The van der Waals surface area contributed by atoms with Crippen LogP contribution in [0.15, 0.2) is 11.6 Å². The van der Waals surface area contributed by atoms with E-state index in [4.69, 9.17) is 12.2 Å². The van der Waals surface area contributed by atoms with Gasteiger partial charge in [0.1, 0.15) is 0 Å². The van der Waals surface area contributed by atoms with Crippen molar-refractivity contribution in [3.05, 3.63) is 15.5 Å². The molecule has 4 heteroatoms. The van der Waals surface area contributed by atoms with Gasteiger partial charge in [-0.25, -0.2) is 0 Å². The van der Waals surface area contributed by atoms with Crippen molar-refractivity contribution < 1.29 is 0 Å². The summed E-state index contributed by atoms with van der Waals surface area (Å²) in [7, 11) is 0. The summed E-state index contributed by atoms with van der Waals surface area (Å²) in [6.07, 6.45) is 7.18. The number of thiazole rings is 1. The van der Waals surface area contributed by atoms with Crippen molar-refractivity contribution in [2.24, 2.45) is 0 Å². The van der Waals surface area contributed by atoms with Crippen LogP contribution in [0.1, 0.15) is 39.5 Å². The Bertz CT molecular complexity index is 322. The second kappa shape index (κ2) is 7.98. The summed E-state index contributed by atoms with van der Waals surface area (Å²) >= 11 is 6.93. The van der Waals surface area contributed by atoms with E-state index >= 15 is 0 Å². The van der Waals surface area contributed by atoms with Gasteiger partial charge in [0.15, 0.2) is 3.95 Å². The molecule has 0 fully saturated rings. The molecule has 0 atom stereocenters. The SMILES string of the molecule is CCCCN(CCCC)Cn1ccsc1=S. The molecule has 0 bridgehead atoms. The van der Waals surface area contributed by atoms with Crippen LogP contribution in [-0.4, -0.2) is 22.6 Å². The zero-order valence-electron chi connectivity index (χ0n) is 10.3. The number of rotatable bonds is 8. The summed E-state index contributed by atoms with van der Waals surface area (Å²) in [6, 6.07) is 0. The highest BCUT2D eigenvalue weighted by atomic mass is 32.1. The maximum Gasteiger partial charge on any atom is 0.162 e. The van der Waals surface area contributed by atoms with E-state index in [0.717, 1.165) is 10.6 Å². The van der Waals surface area contributed by atoms with Crippen LogP contribution in [0.3, 0.4) is 0 Å². The molecule has 0 N–H and O–H groups in total. The molecule has 0 aliphatic rings. The zero-order valence-corrected chi connectivity index (χ0v) is 11.9. The van der Waals surface area contributed by atoms with Crippen molar-refractivity contribution in [1.29, 1.82) is 0 Å². The molecule has 0 saturated carbocycles. The van der Waals surface area contributed by atoms with Gasteiger partial charge in [0, 0.05) is 11.6 Å². The van der Waals surface area contributed by atoms with Crippen molar-refractivity contribution >= 4 is 23.6 Å². The number of unbranched alkanes of at least 4 members (excludes halogenated alkanes) is 2. The van der Waals surface area contributed by atoms with E-state index in [2.05, 4.69) is 34.9 Å². The van der Waals surface area contributed by atoms with E-state index in [9.17, 15) is 0 Å². The number of hydrogen-bond donors (Lipinski definition) is 0. The molecule has 16 heavy (non-hydrogen) atoms. The van der Waals surface area contributed by atoms with Crippen molar-refractivity contribution in [1.82, 2.24) is 9.47 Å². The molecular weight excluding hydrogens is 236 g/mol. The van der Waals surface area contributed by atoms with Crippen molar-refractivity contribution in [2.45, 2.75) is 46.2 Å². The van der Waals surface area contributed by atoms with Crippen LogP contribution in [0.2, 0.25) is 0 Å². The van der Waals surface area contributed by atoms with E-state index < -0.39 is 0 Å². The summed E-state index contributed by atoms with van der Waals surface area (Å²) in [5.74, 6) is 0. The normalized spacial score (nSPS) is 11.2. The second-order valence-corrected chi connectivity index (χ2v) is 5.64. The lowest BCUT2D eigenvalue weighted by Crippen LogP contribution is -2.28. The summed E-state index contributed by atoms with van der Waals surface area (Å²) in [5.41, 5.74) is 0. The lowest BCUT2D eigenvalue weighted by atomic mass is 10.3. The topological polar surface area (TPSA) is 8.17 Å². The van der Waals surface area contributed by atoms with E-state index in [1.807, 2.05) is 0 Å². The van der Waals surface area contributed by atoms with Gasteiger partial charge in [-0.3, -0.25) is 4.90 Å². The standard InChI is InChI=1S/C12H22N2S2/c1-3-5-7-13(8-6-4-2)11-14-9-10-16-12(14)15/h9-10H,3-8,11H2,1-2H3. The Morgan fingerprint density at radius 2 is 1.88 bits per heavy atom. The van der Waals surface area contributed by atoms with Crippen LogP contribution >= 0.6 is 23.6 Å². The highest BCUT2D eigenvalue weighted by Crippen LogP contribution is 2.07. The van der Waals surface area contributed by atoms with Gasteiger partial charge in [0.25, 0.3) is 0 Å². The van der Waals surface area contributed by atoms with Crippen LogP contribution in [-0.2, 0) is 6.67 Å². The first-order valence-corrected chi connectivity index (χ1v) is 7.43. The molecule has 1 aromatic heterocycles. The molecule has 0 aliphatic heterocycles. The fourth-order valence-corrected chi connectivity index (χ4v) is 2.49. The number of hydrogen-bond acceptors (Lipinski definition) is 3. The van der Waals surface area contributed by atoms with Crippen molar-refractivity contribution in [2.75, 3.05) is 13.1 Å². The minimum Gasteiger partial charge on any atom is -0.317 e. The molecule has 92 valence electrons. The largest absolute Gasteiger partial charge is 0.317 e. The highest BCUT2D eigenvalue weighted by Gasteiger charge is 2.04. The Morgan fingerprint density at radius 1 is 1.25 bits per heavy atom. The monoisotopic (exact) mass is 258 g/mol. The van der Waals surface area contributed by atoms with E-state index in [1.54, 1.807) is 11.3 Å². The van der Waals surface area contributed by atoms with E-state index in [0.29, 0.717) is 0 Å². The Labute approximate surface area is 108 Å². The summed E-state index contributed by atoms with van der Waals surface area (Å²) in [5, 5.41) is 2.07. The Morgan fingerprint density at radius 3 is 2.31 bits per heavy atom. The zero-order chi connectivity index (χ0) is 11.8. The first-order chi connectivity index (χ1) is 7.77. The lowest BCUT2D eigenvalue weighted by Gasteiger charge is -2.22. The van der Waals surface area contributed by atoms with Crippen molar-refractivity contribution in [3.63, 3.8) is 0 Å². The van der Waals surface area contributed by atoms with Crippen LogP contribution in [0, 0.1) is 3.95 Å². The molecule has 0 radical (unpaired) electrons. The number of aromatic nitrogens is 1. The Kier molecular flexibility index (Phi) is 6.92. The fourth-order valence-electron chi connectivity index (χ4n) is 1.63. The minimum atomic E-state index is 0.961. The van der Waals surface area contributed by atoms with Gasteiger partial charge < -0.3 is 4.57 Å². The maximum atomic E-state index is 5.28. The van der Waals surface area contributed by atoms with Gasteiger partial charge in [-0.2, -0.15) is 0 Å². The van der Waals surface area contributed by atoms with Gasteiger partial charge >= 0.3 is 0 Å². The van der Waals surface area contributed by atoms with Crippen molar-refractivity contribution in [3.8, 4) is 0 Å². The Balaban J connectivity index is 2.48. The van der Waals surface area contributed by atoms with E-state index in [-0.39, 0.29) is 0 Å². The summed E-state index contributed by atoms with van der Waals surface area (Å²) in [4.78, 5) is 2.51. The molecule has 0 aliphatic carbocycles. The van der Waals surface area contributed by atoms with Crippen LogP contribution in [0.25, 0.3) is 0 Å². The quantitative estimate of drug-likeness (QED) is 0.648. The number of nitrogens with zero attached hydrogens (tertiary/aromatic N) is 2. The molecule has 1 rings (SSSR count). The fraction of sp³-hybridized carbons (Fsp3) is 0.750. The third-order valence-electron chi connectivity index (χ3n) is 2.65. The Hall–Kier alpha value is -0.190. The van der Waals surface area contributed by atoms with Gasteiger partial charge in [-0.1, -0.05) is 26.7 Å². The molecule has 0 saturated heterocycles. The van der Waals surface area contributed by atoms with Gasteiger partial charge in [-0.05, 0) is 38.1 Å². The minimum absolute atomic E-state index is 0.961. The average Bonchev–Trinajstić information content (AvgIpc) is 2.68. The molecule has 0 aromatic carbocycles. The molecular formula is C12H22N2S2. The van der Waals surface area contributed by atoms with E-state index in [1.165, 1.54) is 38.8 Å². The van der Waals surface area contributed by atoms with Gasteiger partial charge in [0.05, 0.1) is 6.67 Å². The first-order valence-electron chi connectivity index (χ1n) is 6.14. The summed E-state index contributed by atoms with van der Waals surface area (Å²) in [6.45, 7) is 7.83. The van der Waals surface area contributed by atoms with Gasteiger partial charge in [0.2, 0.25) is 0 Å². The third kappa shape index (κ3) is 4.76.